The van der Waals surface area contributed by atoms with Crippen LogP contribution in [-0.2, 0) is 0 Å². The molecule has 1 aromatic carbocycles. The Kier molecular flexibility index (Phi) is 3.76. The van der Waals surface area contributed by atoms with E-state index in [9.17, 15) is 9.90 Å². The molecule has 1 aromatic rings. The molecule has 1 amide bonds. The summed E-state index contributed by atoms with van der Waals surface area (Å²) in [5, 5.41) is 10.1. The maximum atomic E-state index is 12.7. The van der Waals surface area contributed by atoms with E-state index in [1.165, 1.54) is 19.6 Å². The molecule has 21 heavy (non-hydrogen) atoms. The lowest BCUT2D eigenvalue weighted by molar-refractivity contribution is 0.0393. The summed E-state index contributed by atoms with van der Waals surface area (Å²) in [6, 6.07) is 5.50. The molecule has 0 aliphatic carbocycles. The van der Waals surface area contributed by atoms with Gasteiger partial charge in [-0.3, -0.25) is 9.69 Å². The van der Waals surface area contributed by atoms with E-state index in [1.54, 1.807) is 12.1 Å². The molecule has 3 rings (SSSR count). The molecule has 0 aromatic heterocycles. The minimum Gasteiger partial charge on any atom is -0.507 e. The summed E-state index contributed by atoms with van der Waals surface area (Å²) in [4.78, 5) is 17.1. The zero-order valence-corrected chi connectivity index (χ0v) is 12.6. The lowest BCUT2D eigenvalue weighted by atomic mass is 10.1. The Morgan fingerprint density at radius 3 is 2.90 bits per heavy atom. The van der Waals surface area contributed by atoms with Crippen molar-refractivity contribution in [2.24, 2.45) is 0 Å². The highest BCUT2D eigenvalue weighted by Gasteiger charge is 2.37. The molecule has 2 heterocycles. The zero-order valence-electron chi connectivity index (χ0n) is 12.6. The molecule has 1 N–H and O–H groups in total. The number of benzene rings is 1. The highest BCUT2D eigenvalue weighted by atomic mass is 16.5. The standard InChI is InChI=1S/C16H22N2O3/c1-11-9-17-7-3-4-12(17)10-18(11)16(20)14-6-5-13(21-2)8-15(14)19/h5-6,8,11-12,19H,3-4,7,9-10H2,1-2H3. The van der Waals surface area contributed by atoms with Gasteiger partial charge in [0.2, 0.25) is 0 Å². The van der Waals surface area contributed by atoms with Crippen molar-refractivity contribution in [3.63, 3.8) is 0 Å². The number of phenolic OH excluding ortho intramolecular Hbond substituents is 1. The molecular weight excluding hydrogens is 268 g/mol. The molecule has 2 atom stereocenters. The third-order valence-electron chi connectivity index (χ3n) is 4.63. The Labute approximate surface area is 125 Å². The number of fused-ring (bicyclic) bond motifs is 1. The molecule has 2 fully saturated rings. The summed E-state index contributed by atoms with van der Waals surface area (Å²) in [6.45, 7) is 4.90. The number of phenols is 1. The van der Waals surface area contributed by atoms with Crippen molar-refractivity contribution < 1.29 is 14.6 Å². The van der Waals surface area contributed by atoms with Gasteiger partial charge in [0.25, 0.3) is 5.91 Å². The smallest absolute Gasteiger partial charge is 0.257 e. The van der Waals surface area contributed by atoms with Gasteiger partial charge in [0.1, 0.15) is 11.5 Å². The highest BCUT2D eigenvalue weighted by Crippen LogP contribution is 2.29. The minimum absolute atomic E-state index is 0.0135. The first-order chi connectivity index (χ1) is 10.1. The Morgan fingerprint density at radius 2 is 2.19 bits per heavy atom. The predicted molar refractivity (Wildman–Crippen MR) is 79.8 cm³/mol. The Hall–Kier alpha value is -1.75. The molecule has 5 heteroatoms. The van der Waals surface area contributed by atoms with E-state index in [0.717, 1.165) is 26.1 Å². The molecule has 114 valence electrons. The molecule has 2 aliphatic heterocycles. The van der Waals surface area contributed by atoms with Crippen molar-refractivity contribution in [2.75, 3.05) is 26.7 Å². The minimum atomic E-state index is -0.0887. The number of methoxy groups -OCH3 is 1. The van der Waals surface area contributed by atoms with Crippen molar-refractivity contribution in [1.29, 1.82) is 0 Å². The van der Waals surface area contributed by atoms with E-state index >= 15 is 0 Å². The number of rotatable bonds is 2. The molecular formula is C16H22N2O3. The summed E-state index contributed by atoms with van der Waals surface area (Å²) in [5.41, 5.74) is 0.356. The monoisotopic (exact) mass is 290 g/mol. The summed E-state index contributed by atoms with van der Waals surface area (Å²) in [7, 11) is 1.54. The largest absolute Gasteiger partial charge is 0.507 e. The van der Waals surface area contributed by atoms with Crippen LogP contribution < -0.4 is 4.74 Å². The van der Waals surface area contributed by atoms with Crippen LogP contribution in [0.25, 0.3) is 0 Å². The van der Waals surface area contributed by atoms with Gasteiger partial charge in [-0.05, 0) is 38.4 Å². The van der Waals surface area contributed by atoms with Crippen LogP contribution in [-0.4, -0.2) is 59.6 Å². The number of aromatic hydroxyl groups is 1. The van der Waals surface area contributed by atoms with Gasteiger partial charge in [-0.15, -0.1) is 0 Å². The molecule has 0 radical (unpaired) electrons. The van der Waals surface area contributed by atoms with Gasteiger partial charge in [-0.25, -0.2) is 0 Å². The highest BCUT2D eigenvalue weighted by molar-refractivity contribution is 5.97. The number of hydrogen-bond acceptors (Lipinski definition) is 4. The number of amides is 1. The number of nitrogens with zero attached hydrogens (tertiary/aromatic N) is 2. The predicted octanol–water partition coefficient (Wildman–Crippen LogP) is 1.71. The average molecular weight is 290 g/mol. The fourth-order valence-electron chi connectivity index (χ4n) is 3.44. The first kappa shape index (κ1) is 14.2. The van der Waals surface area contributed by atoms with Crippen molar-refractivity contribution in [1.82, 2.24) is 9.80 Å². The lowest BCUT2D eigenvalue weighted by Gasteiger charge is -2.42. The van der Waals surface area contributed by atoms with Crippen molar-refractivity contribution in [3.05, 3.63) is 23.8 Å². The third-order valence-corrected chi connectivity index (χ3v) is 4.63. The Bertz CT molecular complexity index is 546. The van der Waals surface area contributed by atoms with E-state index in [0.29, 0.717) is 17.4 Å². The van der Waals surface area contributed by atoms with Crippen LogP contribution in [0.1, 0.15) is 30.1 Å². The van der Waals surface area contributed by atoms with Crippen LogP contribution >= 0.6 is 0 Å². The number of hydrogen-bond donors (Lipinski definition) is 1. The average Bonchev–Trinajstić information content (AvgIpc) is 2.92. The maximum absolute atomic E-state index is 12.7. The first-order valence-electron chi connectivity index (χ1n) is 7.52. The molecule has 0 spiro atoms. The van der Waals surface area contributed by atoms with Crippen LogP contribution in [0.4, 0.5) is 0 Å². The van der Waals surface area contributed by atoms with Gasteiger partial charge in [-0.1, -0.05) is 0 Å². The topological polar surface area (TPSA) is 53.0 Å². The molecule has 0 bridgehead atoms. The number of piperazine rings is 1. The van der Waals surface area contributed by atoms with E-state index in [-0.39, 0.29) is 17.7 Å². The van der Waals surface area contributed by atoms with Gasteiger partial charge in [0.15, 0.2) is 0 Å². The van der Waals surface area contributed by atoms with Crippen molar-refractivity contribution >= 4 is 5.91 Å². The van der Waals surface area contributed by atoms with Gasteiger partial charge >= 0.3 is 0 Å². The van der Waals surface area contributed by atoms with E-state index in [1.807, 2.05) is 4.90 Å². The van der Waals surface area contributed by atoms with Gasteiger partial charge < -0.3 is 14.7 Å². The fourth-order valence-corrected chi connectivity index (χ4v) is 3.44. The van der Waals surface area contributed by atoms with E-state index in [2.05, 4.69) is 11.8 Å². The molecule has 2 saturated heterocycles. The summed E-state index contributed by atoms with van der Waals surface area (Å²) >= 11 is 0. The van der Waals surface area contributed by atoms with E-state index < -0.39 is 0 Å². The second kappa shape index (κ2) is 5.56. The Morgan fingerprint density at radius 1 is 1.38 bits per heavy atom. The normalized spacial score (nSPS) is 25.7. The molecule has 2 unspecified atom stereocenters. The second-order valence-electron chi connectivity index (χ2n) is 5.98. The zero-order chi connectivity index (χ0) is 15.0. The van der Waals surface area contributed by atoms with Crippen LogP contribution in [0.5, 0.6) is 11.5 Å². The quantitative estimate of drug-likeness (QED) is 0.901. The lowest BCUT2D eigenvalue weighted by Crippen LogP contribution is -2.56. The summed E-state index contributed by atoms with van der Waals surface area (Å²) in [6.07, 6.45) is 2.37. The van der Waals surface area contributed by atoms with Crippen LogP contribution in [0, 0.1) is 0 Å². The number of ether oxygens (including phenoxy) is 1. The SMILES string of the molecule is COc1ccc(C(=O)N2CC3CCCN3CC2C)c(O)c1. The number of carbonyl (C=O) groups excluding carboxylic acids is 1. The van der Waals surface area contributed by atoms with Crippen LogP contribution in [0.15, 0.2) is 18.2 Å². The van der Waals surface area contributed by atoms with Gasteiger partial charge in [-0.2, -0.15) is 0 Å². The number of carbonyl (C=O) groups is 1. The van der Waals surface area contributed by atoms with Gasteiger partial charge in [0, 0.05) is 31.2 Å². The van der Waals surface area contributed by atoms with Crippen LogP contribution in [0.2, 0.25) is 0 Å². The van der Waals surface area contributed by atoms with Crippen molar-refractivity contribution in [3.8, 4) is 11.5 Å². The second-order valence-corrected chi connectivity index (χ2v) is 5.98. The summed E-state index contributed by atoms with van der Waals surface area (Å²) in [5.74, 6) is 0.451. The van der Waals surface area contributed by atoms with Crippen molar-refractivity contribution in [2.45, 2.75) is 31.8 Å². The molecule has 2 aliphatic rings. The fraction of sp³-hybridized carbons (Fsp3) is 0.562. The maximum Gasteiger partial charge on any atom is 0.257 e. The molecule has 5 nitrogen and oxygen atoms in total. The molecule has 0 saturated carbocycles. The third kappa shape index (κ3) is 2.58. The first-order valence-corrected chi connectivity index (χ1v) is 7.52. The summed E-state index contributed by atoms with van der Waals surface area (Å²) < 4.78 is 5.06. The van der Waals surface area contributed by atoms with E-state index in [4.69, 9.17) is 4.74 Å². The van der Waals surface area contributed by atoms with Crippen LogP contribution in [0.3, 0.4) is 0 Å². The Balaban J connectivity index is 1.81. The van der Waals surface area contributed by atoms with Gasteiger partial charge in [0.05, 0.1) is 12.7 Å².